The Balaban J connectivity index is 1.70. The highest BCUT2D eigenvalue weighted by Crippen LogP contribution is 2.21. The molecule has 1 aliphatic heterocycles. The van der Waals surface area contributed by atoms with E-state index in [2.05, 4.69) is 15.6 Å². The van der Waals surface area contributed by atoms with Crippen LogP contribution in [-0.4, -0.2) is 82.0 Å². The van der Waals surface area contributed by atoms with Gasteiger partial charge < -0.3 is 42.9 Å². The Bertz CT molecular complexity index is 1250. The average Bonchev–Trinajstić information content (AvgIpc) is 3.45. The molecule has 1 saturated heterocycles. The Morgan fingerprint density at radius 3 is 2.26 bits per heavy atom. The summed E-state index contributed by atoms with van der Waals surface area (Å²) in [6, 6.07) is 11.2. The maximum atomic E-state index is 13.7. The summed E-state index contributed by atoms with van der Waals surface area (Å²) in [7, 11) is 0. The van der Waals surface area contributed by atoms with Crippen LogP contribution in [0.4, 0.5) is 0 Å². The summed E-state index contributed by atoms with van der Waals surface area (Å²) in [5, 5.41) is 24.5. The van der Waals surface area contributed by atoms with E-state index in [0.29, 0.717) is 24.8 Å². The number of carbonyl (C=O) groups excluding carboxylic acids is 3. The Labute approximate surface area is 244 Å². The highest BCUT2D eigenvalue weighted by atomic mass is 16.4. The number of nitrogens with two attached hydrogens (primary N) is 3. The molecule has 2 aromatic rings. The van der Waals surface area contributed by atoms with Gasteiger partial charge in [-0.25, -0.2) is 4.79 Å². The van der Waals surface area contributed by atoms with E-state index in [1.54, 1.807) is 12.1 Å². The van der Waals surface area contributed by atoms with Crippen molar-refractivity contribution >= 4 is 29.7 Å². The predicted octanol–water partition coefficient (Wildman–Crippen LogP) is -0.396. The van der Waals surface area contributed by atoms with E-state index in [0.717, 1.165) is 5.56 Å². The second kappa shape index (κ2) is 15.4. The molecule has 0 saturated carbocycles. The first kappa shape index (κ1) is 31.9. The minimum Gasteiger partial charge on any atom is -0.508 e. The zero-order valence-electron chi connectivity index (χ0n) is 23.3. The Morgan fingerprint density at radius 1 is 0.952 bits per heavy atom. The van der Waals surface area contributed by atoms with Gasteiger partial charge in [0.2, 0.25) is 17.7 Å². The normalized spacial score (nSPS) is 16.6. The largest absolute Gasteiger partial charge is 0.508 e. The highest BCUT2D eigenvalue weighted by Gasteiger charge is 2.39. The monoisotopic (exact) mass is 581 g/mol. The first-order valence-electron chi connectivity index (χ1n) is 13.8. The van der Waals surface area contributed by atoms with E-state index in [4.69, 9.17) is 17.2 Å². The molecule has 0 aliphatic carbocycles. The molecule has 1 fully saturated rings. The number of carboxylic acid groups (broad SMARTS) is 1. The third kappa shape index (κ3) is 9.47. The number of amides is 3. The van der Waals surface area contributed by atoms with Crippen molar-refractivity contribution in [2.24, 2.45) is 22.2 Å². The van der Waals surface area contributed by atoms with Gasteiger partial charge in [-0.1, -0.05) is 42.5 Å². The number of nitrogens with one attached hydrogen (secondary N) is 2. The standard InChI is InChI=1S/C29H39N7O6/c30-21(16-18-6-2-1-3-7-18)25(38)34-22(8-4-14-33-29(31)32)27(40)36-15-5-9-24(36)26(39)35-23(28(41)42)17-19-10-12-20(37)13-11-19/h1-3,6-7,10-13,21-24,37H,4-5,8-9,14-17,30H2,(H,34,38)(H,35,39)(H,41,42)(H4,31,32,33). The second-order valence-electron chi connectivity index (χ2n) is 10.3. The lowest BCUT2D eigenvalue weighted by Gasteiger charge is -2.30. The summed E-state index contributed by atoms with van der Waals surface area (Å²) in [5.41, 5.74) is 18.4. The number of benzene rings is 2. The van der Waals surface area contributed by atoms with Gasteiger partial charge in [-0.05, 0) is 55.4 Å². The summed E-state index contributed by atoms with van der Waals surface area (Å²) in [6.07, 6.45) is 1.70. The number of rotatable bonds is 14. The summed E-state index contributed by atoms with van der Waals surface area (Å²) >= 11 is 0. The van der Waals surface area contributed by atoms with Crippen LogP contribution >= 0.6 is 0 Å². The average molecular weight is 582 g/mol. The zero-order chi connectivity index (χ0) is 30.6. The van der Waals surface area contributed by atoms with Crippen molar-refractivity contribution in [3.05, 3.63) is 65.7 Å². The van der Waals surface area contributed by atoms with E-state index >= 15 is 0 Å². The fourth-order valence-electron chi connectivity index (χ4n) is 4.84. The molecule has 13 heteroatoms. The van der Waals surface area contributed by atoms with Crippen molar-refractivity contribution in [3.8, 4) is 5.75 Å². The fourth-order valence-corrected chi connectivity index (χ4v) is 4.84. The summed E-state index contributed by atoms with van der Waals surface area (Å²) in [5.74, 6) is -2.87. The number of guanidine groups is 1. The third-order valence-corrected chi connectivity index (χ3v) is 7.02. The minimum atomic E-state index is -1.24. The zero-order valence-corrected chi connectivity index (χ0v) is 23.3. The van der Waals surface area contributed by atoms with E-state index in [1.165, 1.54) is 17.0 Å². The fraction of sp³-hybridized carbons (Fsp3) is 0.414. The number of carbonyl (C=O) groups is 4. The molecule has 3 amide bonds. The smallest absolute Gasteiger partial charge is 0.326 e. The maximum Gasteiger partial charge on any atom is 0.326 e. The number of hydrogen-bond acceptors (Lipinski definition) is 7. The molecule has 0 aromatic heterocycles. The Kier molecular flexibility index (Phi) is 11.7. The van der Waals surface area contributed by atoms with Crippen molar-refractivity contribution < 1.29 is 29.4 Å². The van der Waals surface area contributed by atoms with Gasteiger partial charge in [0, 0.05) is 19.5 Å². The summed E-state index contributed by atoms with van der Waals surface area (Å²) < 4.78 is 0. The van der Waals surface area contributed by atoms with Crippen molar-refractivity contribution in [2.75, 3.05) is 13.1 Å². The molecule has 4 atom stereocenters. The van der Waals surface area contributed by atoms with Crippen LogP contribution in [0.5, 0.6) is 5.75 Å². The number of phenols is 1. The molecule has 13 nitrogen and oxygen atoms in total. The molecule has 2 aromatic carbocycles. The van der Waals surface area contributed by atoms with Crippen molar-refractivity contribution in [1.82, 2.24) is 15.5 Å². The second-order valence-corrected chi connectivity index (χ2v) is 10.3. The molecule has 0 radical (unpaired) electrons. The number of aromatic hydroxyl groups is 1. The van der Waals surface area contributed by atoms with Crippen LogP contribution in [0.2, 0.25) is 0 Å². The van der Waals surface area contributed by atoms with Crippen molar-refractivity contribution in [3.63, 3.8) is 0 Å². The molecule has 1 heterocycles. The van der Waals surface area contributed by atoms with Crippen LogP contribution in [0.25, 0.3) is 0 Å². The molecule has 4 unspecified atom stereocenters. The quantitative estimate of drug-likeness (QED) is 0.0874. The molecular weight excluding hydrogens is 542 g/mol. The van der Waals surface area contributed by atoms with Crippen LogP contribution in [-0.2, 0) is 32.0 Å². The van der Waals surface area contributed by atoms with Crippen LogP contribution < -0.4 is 27.8 Å². The van der Waals surface area contributed by atoms with E-state index < -0.39 is 47.9 Å². The molecule has 226 valence electrons. The molecule has 10 N–H and O–H groups in total. The number of aliphatic carboxylic acids is 1. The van der Waals surface area contributed by atoms with Gasteiger partial charge in [-0.15, -0.1) is 0 Å². The van der Waals surface area contributed by atoms with Gasteiger partial charge in [-0.2, -0.15) is 0 Å². The molecule has 1 aliphatic rings. The van der Waals surface area contributed by atoms with Gasteiger partial charge in [0.25, 0.3) is 0 Å². The topological polar surface area (TPSA) is 226 Å². The molecule has 0 spiro atoms. The van der Waals surface area contributed by atoms with E-state index in [9.17, 15) is 29.4 Å². The number of carboxylic acids is 1. The minimum absolute atomic E-state index is 0.00913. The van der Waals surface area contributed by atoms with E-state index in [-0.39, 0.29) is 44.1 Å². The van der Waals surface area contributed by atoms with Gasteiger partial charge in [-0.3, -0.25) is 19.4 Å². The lowest BCUT2D eigenvalue weighted by Crippen LogP contribution is -2.57. The highest BCUT2D eigenvalue weighted by molar-refractivity contribution is 5.94. The number of phenolic OH excluding ortho intramolecular Hbond substituents is 1. The Hall–Kier alpha value is -4.65. The van der Waals surface area contributed by atoms with Crippen LogP contribution in [0.3, 0.4) is 0 Å². The summed E-state index contributed by atoms with van der Waals surface area (Å²) in [6.45, 7) is 0.502. The number of aliphatic imine (C=N–C) groups is 1. The lowest BCUT2D eigenvalue weighted by molar-refractivity contribution is -0.145. The van der Waals surface area contributed by atoms with Crippen molar-refractivity contribution in [1.29, 1.82) is 0 Å². The molecule has 3 rings (SSSR count). The number of hydrogen-bond donors (Lipinski definition) is 7. The Morgan fingerprint density at radius 2 is 1.62 bits per heavy atom. The van der Waals surface area contributed by atoms with Crippen LogP contribution in [0.1, 0.15) is 36.8 Å². The van der Waals surface area contributed by atoms with Crippen LogP contribution in [0, 0.1) is 0 Å². The predicted molar refractivity (Wildman–Crippen MR) is 156 cm³/mol. The van der Waals surface area contributed by atoms with Gasteiger partial charge in [0.15, 0.2) is 5.96 Å². The van der Waals surface area contributed by atoms with E-state index in [1.807, 2.05) is 30.3 Å². The number of likely N-dealkylation sites (tertiary alicyclic amines) is 1. The molecular formula is C29H39N7O6. The van der Waals surface area contributed by atoms with Crippen molar-refractivity contribution in [2.45, 2.75) is 62.7 Å². The maximum absolute atomic E-state index is 13.7. The molecule has 0 bridgehead atoms. The van der Waals surface area contributed by atoms with Crippen LogP contribution in [0.15, 0.2) is 59.6 Å². The summed E-state index contributed by atoms with van der Waals surface area (Å²) in [4.78, 5) is 57.2. The van der Waals surface area contributed by atoms with Gasteiger partial charge in [0.1, 0.15) is 23.9 Å². The SMILES string of the molecule is NC(N)=NCCCC(NC(=O)C(N)Cc1ccccc1)C(=O)N1CCCC1C(=O)NC(Cc1ccc(O)cc1)C(=O)O. The lowest BCUT2D eigenvalue weighted by atomic mass is 10.0. The first-order valence-corrected chi connectivity index (χ1v) is 13.8. The van der Waals surface area contributed by atoms with Gasteiger partial charge >= 0.3 is 5.97 Å². The third-order valence-electron chi connectivity index (χ3n) is 7.02. The molecule has 42 heavy (non-hydrogen) atoms. The van der Waals surface area contributed by atoms with Gasteiger partial charge in [0.05, 0.1) is 6.04 Å². The number of nitrogens with zero attached hydrogens (tertiary/aromatic N) is 2. The first-order chi connectivity index (χ1) is 20.0.